The van der Waals surface area contributed by atoms with Gasteiger partial charge in [0.05, 0.1) is 0 Å². The third-order valence-corrected chi connectivity index (χ3v) is 3.84. The first-order valence-electron chi connectivity index (χ1n) is 6.66. The van der Waals surface area contributed by atoms with Crippen LogP contribution in [0.4, 0.5) is 0 Å². The van der Waals surface area contributed by atoms with E-state index in [0.717, 1.165) is 18.7 Å². The van der Waals surface area contributed by atoms with Crippen LogP contribution in [0.5, 0.6) is 0 Å². The Labute approximate surface area is 110 Å². The molecule has 1 aromatic rings. The summed E-state index contributed by atoms with van der Waals surface area (Å²) < 4.78 is 0. The lowest BCUT2D eigenvalue weighted by molar-refractivity contribution is -0.123. The van der Waals surface area contributed by atoms with Crippen LogP contribution in [0.2, 0.25) is 0 Å². The van der Waals surface area contributed by atoms with Crippen LogP contribution in [0.15, 0.2) is 0 Å². The minimum atomic E-state index is -0.277. The van der Waals surface area contributed by atoms with E-state index in [-0.39, 0.29) is 23.6 Å². The Hall–Kier alpha value is -1.92. The minimum Gasteiger partial charge on any atom is -0.369 e. The zero-order chi connectivity index (χ0) is 13.4. The van der Waals surface area contributed by atoms with E-state index in [1.165, 1.54) is 0 Å². The summed E-state index contributed by atoms with van der Waals surface area (Å²) >= 11 is 0. The van der Waals surface area contributed by atoms with Crippen molar-refractivity contribution < 1.29 is 9.59 Å². The number of aromatic nitrogens is 3. The fourth-order valence-corrected chi connectivity index (χ4v) is 2.42. The maximum absolute atomic E-state index is 12.2. The summed E-state index contributed by atoms with van der Waals surface area (Å²) in [6.45, 7) is 1.08. The molecule has 3 N–H and O–H groups in total. The second-order valence-electron chi connectivity index (χ2n) is 5.29. The lowest BCUT2D eigenvalue weighted by Crippen LogP contribution is -2.42. The second kappa shape index (κ2) is 4.64. The van der Waals surface area contributed by atoms with Crippen LogP contribution in [0.25, 0.3) is 0 Å². The lowest BCUT2D eigenvalue weighted by atomic mass is 9.96. The summed E-state index contributed by atoms with van der Waals surface area (Å²) in [4.78, 5) is 29.2. The molecule has 3 rings (SSSR count). The molecular formula is C12H17N5O2. The average Bonchev–Trinajstić information content (AvgIpc) is 3.16. The molecule has 0 spiro atoms. The summed E-state index contributed by atoms with van der Waals surface area (Å²) in [5, 5.41) is 6.82. The van der Waals surface area contributed by atoms with Gasteiger partial charge in [-0.05, 0) is 25.7 Å². The Morgan fingerprint density at radius 2 is 1.89 bits per heavy atom. The zero-order valence-electron chi connectivity index (χ0n) is 10.6. The van der Waals surface area contributed by atoms with Crippen molar-refractivity contribution in [3.63, 3.8) is 0 Å². The Morgan fingerprint density at radius 1 is 1.21 bits per heavy atom. The molecule has 0 bridgehead atoms. The van der Waals surface area contributed by atoms with Crippen molar-refractivity contribution >= 4 is 11.8 Å². The van der Waals surface area contributed by atoms with E-state index in [1.54, 1.807) is 4.90 Å². The maximum Gasteiger partial charge on any atom is 0.293 e. The summed E-state index contributed by atoms with van der Waals surface area (Å²) in [6, 6.07) is 0. The highest BCUT2D eigenvalue weighted by Gasteiger charge is 2.31. The zero-order valence-corrected chi connectivity index (χ0v) is 10.6. The molecular weight excluding hydrogens is 246 g/mol. The predicted octanol–water partition coefficient (Wildman–Crippen LogP) is 0.0196. The molecule has 0 radical (unpaired) electrons. The molecule has 1 saturated carbocycles. The van der Waals surface area contributed by atoms with Crippen LogP contribution in [0, 0.1) is 5.92 Å². The Kier molecular flexibility index (Phi) is 2.96. The number of H-pyrrole nitrogens is 1. The summed E-state index contributed by atoms with van der Waals surface area (Å²) in [6.07, 6.45) is 3.49. The van der Waals surface area contributed by atoms with Crippen molar-refractivity contribution in [3.05, 3.63) is 11.6 Å². The second-order valence-corrected chi connectivity index (χ2v) is 5.29. The fraction of sp³-hybridized carbons (Fsp3) is 0.667. The van der Waals surface area contributed by atoms with Crippen LogP contribution in [-0.4, -0.2) is 45.0 Å². The molecule has 2 amide bonds. The number of hydrogen-bond acceptors (Lipinski definition) is 4. The van der Waals surface area contributed by atoms with Gasteiger partial charge in [-0.2, -0.15) is 0 Å². The van der Waals surface area contributed by atoms with Crippen LogP contribution < -0.4 is 5.73 Å². The smallest absolute Gasteiger partial charge is 0.293 e. The third-order valence-electron chi connectivity index (χ3n) is 3.84. The molecule has 7 nitrogen and oxygen atoms in total. The predicted molar refractivity (Wildman–Crippen MR) is 66.2 cm³/mol. The number of nitrogens with two attached hydrogens (primary N) is 1. The van der Waals surface area contributed by atoms with Gasteiger partial charge in [-0.3, -0.25) is 14.7 Å². The molecule has 102 valence electrons. The van der Waals surface area contributed by atoms with Crippen LogP contribution >= 0.6 is 0 Å². The highest BCUT2D eigenvalue weighted by molar-refractivity contribution is 5.90. The molecule has 19 heavy (non-hydrogen) atoms. The number of amides is 2. The molecule has 7 heteroatoms. The highest BCUT2D eigenvalue weighted by Crippen LogP contribution is 2.37. The van der Waals surface area contributed by atoms with E-state index >= 15 is 0 Å². The number of carbonyl (C=O) groups excluding carboxylic acids is 2. The lowest BCUT2D eigenvalue weighted by Gasteiger charge is -2.29. The summed E-state index contributed by atoms with van der Waals surface area (Å²) in [7, 11) is 0. The standard InChI is InChI=1S/C12H17N5O2/c13-9(18)7-3-5-17(6-4-7)12(19)11-14-10(15-16-11)8-1-2-8/h7-8H,1-6H2,(H2,13,18)(H,14,15,16). The SMILES string of the molecule is NC(=O)C1CCN(C(=O)c2n[nH]c(C3CC3)n2)CC1. The number of primary amides is 1. The van der Waals surface area contributed by atoms with Gasteiger partial charge in [0.2, 0.25) is 11.7 Å². The van der Waals surface area contributed by atoms with Crippen molar-refractivity contribution in [2.45, 2.75) is 31.6 Å². The first kappa shape index (κ1) is 12.1. The average molecular weight is 263 g/mol. The Balaban J connectivity index is 1.62. The van der Waals surface area contributed by atoms with Crippen molar-refractivity contribution in [1.29, 1.82) is 0 Å². The molecule has 1 aromatic heterocycles. The molecule has 2 aliphatic rings. The largest absolute Gasteiger partial charge is 0.369 e. The van der Waals surface area contributed by atoms with Gasteiger partial charge >= 0.3 is 0 Å². The Morgan fingerprint density at radius 3 is 2.47 bits per heavy atom. The Bertz CT molecular complexity index is 500. The minimum absolute atomic E-state index is 0.113. The number of piperidine rings is 1. The maximum atomic E-state index is 12.2. The first-order valence-corrected chi connectivity index (χ1v) is 6.66. The van der Waals surface area contributed by atoms with Gasteiger partial charge in [-0.25, -0.2) is 4.98 Å². The normalized spacial score (nSPS) is 20.5. The van der Waals surface area contributed by atoms with Crippen molar-refractivity contribution in [3.8, 4) is 0 Å². The van der Waals surface area contributed by atoms with E-state index < -0.39 is 0 Å². The number of nitrogens with one attached hydrogen (secondary N) is 1. The van der Waals surface area contributed by atoms with Gasteiger partial charge in [-0.15, -0.1) is 5.10 Å². The van der Waals surface area contributed by atoms with Crippen molar-refractivity contribution in [2.24, 2.45) is 11.7 Å². The number of likely N-dealkylation sites (tertiary alicyclic amines) is 1. The van der Waals surface area contributed by atoms with E-state index in [2.05, 4.69) is 15.2 Å². The fourth-order valence-electron chi connectivity index (χ4n) is 2.42. The molecule has 0 unspecified atom stereocenters. The van der Waals surface area contributed by atoms with Crippen LogP contribution in [0.3, 0.4) is 0 Å². The van der Waals surface area contributed by atoms with Crippen molar-refractivity contribution in [1.82, 2.24) is 20.1 Å². The van der Waals surface area contributed by atoms with E-state index in [4.69, 9.17) is 5.73 Å². The summed E-state index contributed by atoms with van der Waals surface area (Å²) in [5.74, 6) is 0.953. The molecule has 1 saturated heterocycles. The number of aromatic amines is 1. The van der Waals surface area contributed by atoms with Gasteiger partial charge in [0.15, 0.2) is 0 Å². The topological polar surface area (TPSA) is 105 Å². The van der Waals surface area contributed by atoms with Crippen molar-refractivity contribution in [2.75, 3.05) is 13.1 Å². The molecule has 2 fully saturated rings. The molecule has 0 atom stereocenters. The van der Waals surface area contributed by atoms with E-state index in [0.29, 0.717) is 31.8 Å². The number of rotatable bonds is 3. The molecule has 2 heterocycles. The first-order chi connectivity index (χ1) is 9.15. The highest BCUT2D eigenvalue weighted by atomic mass is 16.2. The number of hydrogen-bond donors (Lipinski definition) is 2. The quantitative estimate of drug-likeness (QED) is 0.801. The number of nitrogens with zero attached hydrogens (tertiary/aromatic N) is 3. The van der Waals surface area contributed by atoms with Gasteiger partial charge in [0.25, 0.3) is 5.91 Å². The van der Waals surface area contributed by atoms with Gasteiger partial charge in [0.1, 0.15) is 5.82 Å². The van der Waals surface area contributed by atoms with Crippen LogP contribution in [0.1, 0.15) is 48.0 Å². The summed E-state index contributed by atoms with van der Waals surface area (Å²) in [5.41, 5.74) is 5.27. The third kappa shape index (κ3) is 2.45. The van der Waals surface area contributed by atoms with Gasteiger partial charge < -0.3 is 10.6 Å². The van der Waals surface area contributed by atoms with E-state index in [1.807, 2.05) is 0 Å². The monoisotopic (exact) mass is 263 g/mol. The van der Waals surface area contributed by atoms with Gasteiger partial charge in [-0.1, -0.05) is 0 Å². The molecule has 0 aromatic carbocycles. The van der Waals surface area contributed by atoms with E-state index in [9.17, 15) is 9.59 Å². The van der Waals surface area contributed by atoms with Crippen LogP contribution in [-0.2, 0) is 4.79 Å². The number of carbonyl (C=O) groups is 2. The van der Waals surface area contributed by atoms with Gasteiger partial charge in [0, 0.05) is 24.9 Å². The molecule has 1 aliphatic heterocycles. The molecule has 1 aliphatic carbocycles.